The lowest BCUT2D eigenvalue weighted by atomic mass is 9.76. The second-order valence-electron chi connectivity index (χ2n) is 6.89. The van der Waals surface area contributed by atoms with E-state index in [1.807, 2.05) is 24.3 Å². The van der Waals surface area contributed by atoms with Crippen molar-refractivity contribution in [3.63, 3.8) is 0 Å². The standard InChI is InChI=1S/C25H20BrN/c1-25(21-13-7-8-14-23(21)26,17-16-19-10-4-3-5-11-19)22-18-27(2)24-15-9-6-12-20(22)24/h3-15,18H,1-2H3. The van der Waals surface area contributed by atoms with Crippen molar-refractivity contribution in [3.05, 3.63) is 106 Å². The van der Waals surface area contributed by atoms with Crippen molar-refractivity contribution in [2.45, 2.75) is 12.3 Å². The summed E-state index contributed by atoms with van der Waals surface area (Å²) in [5.41, 5.74) is 4.18. The van der Waals surface area contributed by atoms with Gasteiger partial charge in [0.15, 0.2) is 0 Å². The van der Waals surface area contributed by atoms with Crippen molar-refractivity contribution in [3.8, 4) is 11.8 Å². The number of aryl methyl sites for hydroxylation is 1. The zero-order valence-electron chi connectivity index (χ0n) is 15.4. The van der Waals surface area contributed by atoms with Crippen LogP contribution in [0.4, 0.5) is 0 Å². The summed E-state index contributed by atoms with van der Waals surface area (Å²) in [7, 11) is 2.09. The molecule has 1 aromatic heterocycles. The van der Waals surface area contributed by atoms with Gasteiger partial charge in [-0.1, -0.05) is 82.4 Å². The minimum atomic E-state index is -0.448. The molecule has 1 heterocycles. The molecular formula is C25H20BrN. The van der Waals surface area contributed by atoms with Crippen molar-refractivity contribution in [2.24, 2.45) is 7.05 Å². The lowest BCUT2D eigenvalue weighted by Gasteiger charge is -2.25. The number of aromatic nitrogens is 1. The predicted octanol–water partition coefficient (Wildman–Crippen LogP) is 6.30. The summed E-state index contributed by atoms with van der Waals surface area (Å²) < 4.78 is 3.26. The number of hydrogen-bond donors (Lipinski definition) is 0. The van der Waals surface area contributed by atoms with Crippen LogP contribution < -0.4 is 0 Å². The quantitative estimate of drug-likeness (QED) is 0.339. The molecule has 0 radical (unpaired) electrons. The number of halogens is 1. The van der Waals surface area contributed by atoms with Gasteiger partial charge in [0.05, 0.1) is 5.41 Å². The average Bonchev–Trinajstić information content (AvgIpc) is 3.05. The van der Waals surface area contributed by atoms with Gasteiger partial charge in [0.1, 0.15) is 0 Å². The maximum atomic E-state index is 3.75. The van der Waals surface area contributed by atoms with E-state index in [0.717, 1.165) is 10.0 Å². The first-order valence-electron chi connectivity index (χ1n) is 8.97. The van der Waals surface area contributed by atoms with Gasteiger partial charge in [0.25, 0.3) is 0 Å². The SMILES string of the molecule is Cn1cc(C(C)(C#Cc2ccccc2)c2ccccc2Br)c2ccccc21. The zero-order valence-corrected chi connectivity index (χ0v) is 17.0. The monoisotopic (exact) mass is 413 g/mol. The summed E-state index contributed by atoms with van der Waals surface area (Å²) >= 11 is 3.75. The molecule has 132 valence electrons. The van der Waals surface area contributed by atoms with Crippen LogP contribution in [-0.2, 0) is 12.5 Å². The number of nitrogens with zero attached hydrogens (tertiary/aromatic N) is 1. The first kappa shape index (κ1) is 17.6. The van der Waals surface area contributed by atoms with Gasteiger partial charge in [-0.25, -0.2) is 0 Å². The van der Waals surface area contributed by atoms with Crippen LogP contribution in [0.25, 0.3) is 10.9 Å². The van der Waals surface area contributed by atoms with E-state index < -0.39 is 5.41 Å². The molecule has 0 amide bonds. The molecule has 1 atom stereocenters. The molecular weight excluding hydrogens is 394 g/mol. The molecule has 1 unspecified atom stereocenters. The Morgan fingerprint density at radius 3 is 2.26 bits per heavy atom. The summed E-state index contributed by atoms with van der Waals surface area (Å²) in [6.07, 6.45) is 2.21. The van der Waals surface area contributed by atoms with Crippen molar-refractivity contribution in [1.29, 1.82) is 0 Å². The molecule has 3 aromatic carbocycles. The van der Waals surface area contributed by atoms with Gasteiger partial charge >= 0.3 is 0 Å². The molecule has 2 heteroatoms. The number of rotatable bonds is 2. The summed E-state index contributed by atoms with van der Waals surface area (Å²) in [5, 5.41) is 1.24. The van der Waals surface area contributed by atoms with E-state index in [1.165, 1.54) is 22.0 Å². The van der Waals surface area contributed by atoms with Crippen LogP contribution in [-0.4, -0.2) is 4.57 Å². The van der Waals surface area contributed by atoms with Crippen LogP contribution in [0.5, 0.6) is 0 Å². The Morgan fingerprint density at radius 2 is 1.48 bits per heavy atom. The Kier molecular flexibility index (Phi) is 4.64. The fourth-order valence-corrected chi connectivity index (χ4v) is 4.29. The third kappa shape index (κ3) is 3.20. The van der Waals surface area contributed by atoms with Crippen LogP contribution in [0.1, 0.15) is 23.6 Å². The molecule has 0 saturated heterocycles. The van der Waals surface area contributed by atoms with E-state index in [2.05, 4.69) is 107 Å². The second kappa shape index (κ2) is 7.10. The van der Waals surface area contributed by atoms with Gasteiger partial charge in [-0.3, -0.25) is 0 Å². The van der Waals surface area contributed by atoms with Crippen LogP contribution >= 0.6 is 15.9 Å². The Morgan fingerprint density at radius 1 is 0.815 bits per heavy atom. The fourth-order valence-electron chi connectivity index (χ4n) is 3.61. The lowest BCUT2D eigenvalue weighted by Crippen LogP contribution is -2.22. The van der Waals surface area contributed by atoms with Gasteiger partial charge in [-0.15, -0.1) is 0 Å². The van der Waals surface area contributed by atoms with E-state index in [1.54, 1.807) is 0 Å². The topological polar surface area (TPSA) is 4.93 Å². The van der Waals surface area contributed by atoms with Gasteiger partial charge < -0.3 is 4.57 Å². The van der Waals surface area contributed by atoms with Crippen LogP contribution in [0.15, 0.2) is 89.5 Å². The number of para-hydroxylation sites is 1. The average molecular weight is 414 g/mol. The van der Waals surface area contributed by atoms with Crippen molar-refractivity contribution >= 4 is 26.8 Å². The van der Waals surface area contributed by atoms with Crippen LogP contribution in [0.2, 0.25) is 0 Å². The Balaban J connectivity index is 1.99. The van der Waals surface area contributed by atoms with E-state index in [9.17, 15) is 0 Å². The van der Waals surface area contributed by atoms with Crippen LogP contribution in [0.3, 0.4) is 0 Å². The molecule has 0 aliphatic heterocycles. The normalized spacial score (nSPS) is 13.0. The van der Waals surface area contributed by atoms with Crippen molar-refractivity contribution in [2.75, 3.05) is 0 Å². The largest absolute Gasteiger partial charge is 0.350 e. The molecule has 0 bridgehead atoms. The highest BCUT2D eigenvalue weighted by molar-refractivity contribution is 9.10. The molecule has 4 rings (SSSR count). The minimum Gasteiger partial charge on any atom is -0.350 e. The van der Waals surface area contributed by atoms with Crippen LogP contribution in [0, 0.1) is 11.8 Å². The van der Waals surface area contributed by atoms with Gasteiger partial charge in [-0.2, -0.15) is 0 Å². The number of benzene rings is 3. The molecule has 4 aromatic rings. The van der Waals surface area contributed by atoms with E-state index in [4.69, 9.17) is 0 Å². The Labute approximate surface area is 168 Å². The van der Waals surface area contributed by atoms with Gasteiger partial charge in [-0.05, 0) is 42.3 Å². The number of fused-ring (bicyclic) bond motifs is 1. The summed E-state index contributed by atoms with van der Waals surface area (Å²) in [5.74, 6) is 7.00. The highest BCUT2D eigenvalue weighted by Crippen LogP contribution is 2.40. The zero-order chi connectivity index (χ0) is 18.9. The molecule has 27 heavy (non-hydrogen) atoms. The third-order valence-corrected chi connectivity index (χ3v) is 5.77. The van der Waals surface area contributed by atoms with E-state index in [0.29, 0.717) is 0 Å². The molecule has 0 aliphatic carbocycles. The van der Waals surface area contributed by atoms with Gasteiger partial charge in [0.2, 0.25) is 0 Å². The Hall–Kier alpha value is -2.76. The van der Waals surface area contributed by atoms with E-state index >= 15 is 0 Å². The lowest BCUT2D eigenvalue weighted by molar-refractivity contribution is 0.749. The third-order valence-electron chi connectivity index (χ3n) is 5.08. The first-order valence-corrected chi connectivity index (χ1v) is 9.77. The molecule has 1 nitrogen and oxygen atoms in total. The molecule has 0 fully saturated rings. The first-order chi connectivity index (χ1) is 13.1. The second-order valence-corrected chi connectivity index (χ2v) is 7.75. The summed E-state index contributed by atoms with van der Waals surface area (Å²) in [6.45, 7) is 2.21. The van der Waals surface area contributed by atoms with E-state index in [-0.39, 0.29) is 0 Å². The molecule has 0 N–H and O–H groups in total. The summed E-state index contributed by atoms with van der Waals surface area (Å²) in [6, 6.07) is 27.1. The highest BCUT2D eigenvalue weighted by atomic mass is 79.9. The highest BCUT2D eigenvalue weighted by Gasteiger charge is 2.32. The smallest absolute Gasteiger partial charge is 0.0818 e. The van der Waals surface area contributed by atoms with Crippen molar-refractivity contribution < 1.29 is 0 Å². The van der Waals surface area contributed by atoms with Gasteiger partial charge in [0, 0.05) is 34.2 Å². The maximum absolute atomic E-state index is 3.75. The fraction of sp³-hybridized carbons (Fsp3) is 0.120. The minimum absolute atomic E-state index is 0.448. The number of hydrogen-bond acceptors (Lipinski definition) is 0. The molecule has 0 spiro atoms. The molecule has 0 aliphatic rings. The maximum Gasteiger partial charge on any atom is 0.0818 e. The predicted molar refractivity (Wildman–Crippen MR) is 117 cm³/mol. The molecule has 0 saturated carbocycles. The van der Waals surface area contributed by atoms with Crippen molar-refractivity contribution in [1.82, 2.24) is 4.57 Å². The summed E-state index contributed by atoms with van der Waals surface area (Å²) in [4.78, 5) is 0. The Bertz CT molecular complexity index is 1160.